The van der Waals surface area contributed by atoms with Crippen LogP contribution in [0, 0.1) is 0 Å². The Morgan fingerprint density at radius 3 is 2.40 bits per heavy atom. The number of aliphatic imine (C=N–C) groups is 1. The van der Waals surface area contributed by atoms with E-state index < -0.39 is 10.0 Å². The van der Waals surface area contributed by atoms with Gasteiger partial charge in [0, 0.05) is 45.6 Å². The Labute approximate surface area is 149 Å². The predicted molar refractivity (Wildman–Crippen MR) is 101 cm³/mol. The third-order valence-corrected chi connectivity index (χ3v) is 4.88. The van der Waals surface area contributed by atoms with Crippen molar-refractivity contribution >= 4 is 16.0 Å². The molecule has 0 radical (unpaired) electrons. The van der Waals surface area contributed by atoms with Gasteiger partial charge in [-0.1, -0.05) is 30.3 Å². The van der Waals surface area contributed by atoms with Gasteiger partial charge in [0.15, 0.2) is 5.96 Å². The lowest BCUT2D eigenvalue weighted by molar-refractivity contribution is 0.579. The van der Waals surface area contributed by atoms with Crippen LogP contribution in [0.2, 0.25) is 0 Å². The fourth-order valence-electron chi connectivity index (χ4n) is 2.21. The minimum Gasteiger partial charge on any atom is -0.355 e. The fraction of sp³-hybridized carbons (Fsp3) is 0.353. The maximum absolute atomic E-state index is 12.0. The number of hydrogen-bond acceptors (Lipinski definition) is 3. The van der Waals surface area contributed by atoms with Crippen LogP contribution in [0.3, 0.4) is 0 Å². The first-order chi connectivity index (χ1) is 12.1. The Kier molecular flexibility index (Phi) is 7.49. The van der Waals surface area contributed by atoms with Gasteiger partial charge in [0.1, 0.15) is 0 Å². The van der Waals surface area contributed by atoms with Crippen molar-refractivity contribution in [3.63, 3.8) is 0 Å². The van der Waals surface area contributed by atoms with Gasteiger partial charge in [0.05, 0.1) is 5.75 Å². The highest BCUT2D eigenvalue weighted by molar-refractivity contribution is 7.89. The van der Waals surface area contributed by atoms with Crippen molar-refractivity contribution in [3.8, 4) is 0 Å². The molecule has 25 heavy (non-hydrogen) atoms. The number of guanidine groups is 1. The first-order valence-electron chi connectivity index (χ1n) is 8.15. The van der Waals surface area contributed by atoms with Crippen LogP contribution in [-0.2, 0) is 23.1 Å². The van der Waals surface area contributed by atoms with E-state index >= 15 is 0 Å². The molecular formula is C17H25N5O2S. The molecule has 0 fully saturated rings. The first-order valence-corrected chi connectivity index (χ1v) is 9.81. The summed E-state index contributed by atoms with van der Waals surface area (Å²) in [6.07, 6.45) is 3.98. The van der Waals surface area contributed by atoms with Gasteiger partial charge < -0.3 is 15.2 Å². The van der Waals surface area contributed by atoms with E-state index in [1.807, 2.05) is 54.9 Å². The van der Waals surface area contributed by atoms with Crippen molar-refractivity contribution < 1.29 is 8.42 Å². The van der Waals surface area contributed by atoms with E-state index in [9.17, 15) is 8.42 Å². The molecule has 0 amide bonds. The number of rotatable bonds is 9. The monoisotopic (exact) mass is 363 g/mol. The molecule has 0 unspecified atom stereocenters. The number of aromatic nitrogens is 1. The summed E-state index contributed by atoms with van der Waals surface area (Å²) in [7, 11) is -1.68. The number of nitrogens with one attached hydrogen (secondary N) is 3. The van der Waals surface area contributed by atoms with Gasteiger partial charge in [-0.15, -0.1) is 0 Å². The molecule has 0 saturated heterocycles. The van der Waals surface area contributed by atoms with Crippen LogP contribution in [0.15, 0.2) is 59.9 Å². The van der Waals surface area contributed by atoms with Crippen LogP contribution in [0.4, 0.5) is 0 Å². The third kappa shape index (κ3) is 7.40. The second-order valence-corrected chi connectivity index (χ2v) is 7.40. The average molecular weight is 363 g/mol. The third-order valence-electron chi connectivity index (χ3n) is 3.55. The van der Waals surface area contributed by atoms with Crippen molar-refractivity contribution in [1.29, 1.82) is 0 Å². The van der Waals surface area contributed by atoms with Crippen LogP contribution < -0.4 is 15.4 Å². The van der Waals surface area contributed by atoms with Crippen molar-refractivity contribution in [3.05, 3.63) is 60.4 Å². The van der Waals surface area contributed by atoms with Crippen molar-refractivity contribution in [2.45, 2.75) is 13.1 Å². The van der Waals surface area contributed by atoms with Gasteiger partial charge in [0.2, 0.25) is 10.0 Å². The van der Waals surface area contributed by atoms with Crippen LogP contribution in [-0.4, -0.2) is 44.8 Å². The highest BCUT2D eigenvalue weighted by Crippen LogP contribution is 1.98. The lowest BCUT2D eigenvalue weighted by Crippen LogP contribution is -2.42. The number of hydrogen-bond donors (Lipinski definition) is 3. The van der Waals surface area contributed by atoms with Crippen LogP contribution >= 0.6 is 0 Å². The molecule has 1 aromatic heterocycles. The van der Waals surface area contributed by atoms with Crippen LogP contribution in [0.5, 0.6) is 0 Å². The number of benzene rings is 1. The molecule has 0 bridgehead atoms. The normalized spacial score (nSPS) is 12.1. The molecule has 0 spiro atoms. The van der Waals surface area contributed by atoms with Crippen molar-refractivity contribution in [2.24, 2.45) is 4.99 Å². The summed E-state index contributed by atoms with van der Waals surface area (Å²) >= 11 is 0. The highest BCUT2D eigenvalue weighted by Gasteiger charge is 2.10. The Morgan fingerprint density at radius 1 is 1.04 bits per heavy atom. The van der Waals surface area contributed by atoms with E-state index in [-0.39, 0.29) is 12.3 Å². The summed E-state index contributed by atoms with van der Waals surface area (Å²) in [5, 5.41) is 6.17. The summed E-state index contributed by atoms with van der Waals surface area (Å²) in [5.41, 5.74) is 0.932. The Bertz CT molecular complexity index is 743. The zero-order chi connectivity index (χ0) is 18.0. The summed E-state index contributed by atoms with van der Waals surface area (Å²) in [4.78, 5) is 4.09. The highest BCUT2D eigenvalue weighted by atomic mass is 32.2. The zero-order valence-electron chi connectivity index (χ0n) is 14.4. The summed E-state index contributed by atoms with van der Waals surface area (Å²) in [5.74, 6) is 0.573. The second-order valence-electron chi connectivity index (χ2n) is 5.47. The van der Waals surface area contributed by atoms with Crippen LogP contribution in [0.25, 0.3) is 0 Å². The van der Waals surface area contributed by atoms with Gasteiger partial charge in [-0.2, -0.15) is 0 Å². The minimum absolute atomic E-state index is 0.0157. The molecule has 8 heteroatoms. The predicted octanol–water partition coefficient (Wildman–Crippen LogP) is 0.773. The molecule has 0 aliphatic heterocycles. The number of nitrogens with zero attached hydrogens (tertiary/aromatic N) is 2. The molecule has 3 N–H and O–H groups in total. The van der Waals surface area contributed by atoms with E-state index in [4.69, 9.17) is 0 Å². The Balaban J connectivity index is 1.66. The number of sulfonamides is 1. The molecule has 0 aliphatic rings. The van der Waals surface area contributed by atoms with E-state index in [1.165, 1.54) is 0 Å². The van der Waals surface area contributed by atoms with E-state index in [0.717, 1.165) is 12.1 Å². The van der Waals surface area contributed by atoms with E-state index in [2.05, 4.69) is 24.9 Å². The Hall–Kier alpha value is -2.32. The van der Waals surface area contributed by atoms with Gasteiger partial charge in [-0.25, -0.2) is 13.1 Å². The maximum atomic E-state index is 12.0. The molecule has 0 aliphatic carbocycles. The summed E-state index contributed by atoms with van der Waals surface area (Å²) < 4.78 is 28.7. The van der Waals surface area contributed by atoms with Crippen LogP contribution in [0.1, 0.15) is 5.56 Å². The standard InChI is InChI=1S/C17H25N5O2S/c1-18-17(19-9-13-22-11-5-6-12-22)20-10-14-25(23,24)21-15-16-7-3-2-4-8-16/h2-8,11-12,21H,9-10,13-15H2,1H3,(H2,18,19,20). The SMILES string of the molecule is CN=C(NCCn1cccc1)NCCS(=O)(=O)NCc1ccccc1. The van der Waals surface area contributed by atoms with Gasteiger partial charge in [-0.05, 0) is 17.7 Å². The molecule has 1 heterocycles. The lowest BCUT2D eigenvalue weighted by atomic mass is 10.2. The fourth-order valence-corrected chi connectivity index (χ4v) is 3.11. The molecule has 0 saturated carbocycles. The van der Waals surface area contributed by atoms with Crippen molar-refractivity contribution in [2.75, 3.05) is 25.9 Å². The smallest absolute Gasteiger partial charge is 0.213 e. The van der Waals surface area contributed by atoms with E-state index in [1.54, 1.807) is 7.05 Å². The van der Waals surface area contributed by atoms with Gasteiger partial charge in [-0.3, -0.25) is 4.99 Å². The molecule has 2 aromatic rings. The average Bonchev–Trinajstić information content (AvgIpc) is 3.13. The lowest BCUT2D eigenvalue weighted by Gasteiger charge is -2.13. The first kappa shape index (κ1) is 19.0. The van der Waals surface area contributed by atoms with Crippen molar-refractivity contribution in [1.82, 2.24) is 19.9 Å². The summed E-state index contributed by atoms with van der Waals surface area (Å²) in [6.45, 7) is 2.10. The molecular weight excluding hydrogens is 338 g/mol. The molecule has 0 atom stereocenters. The molecule has 1 aromatic carbocycles. The molecule has 136 valence electrons. The van der Waals surface area contributed by atoms with E-state index in [0.29, 0.717) is 19.0 Å². The summed E-state index contributed by atoms with van der Waals surface area (Å²) in [6, 6.07) is 13.4. The largest absolute Gasteiger partial charge is 0.355 e. The van der Waals surface area contributed by atoms with Gasteiger partial charge in [0.25, 0.3) is 0 Å². The quantitative estimate of drug-likeness (QED) is 0.454. The molecule has 2 rings (SSSR count). The molecule has 7 nitrogen and oxygen atoms in total. The minimum atomic E-state index is -3.34. The Morgan fingerprint density at radius 2 is 1.72 bits per heavy atom. The maximum Gasteiger partial charge on any atom is 0.213 e. The second kappa shape index (κ2) is 9.85. The zero-order valence-corrected chi connectivity index (χ0v) is 15.2. The van der Waals surface area contributed by atoms with Gasteiger partial charge >= 0.3 is 0 Å². The topological polar surface area (TPSA) is 87.5 Å².